The lowest BCUT2D eigenvalue weighted by Crippen LogP contribution is -2.49. The average molecular weight is 506 g/mol. The van der Waals surface area contributed by atoms with Crippen molar-refractivity contribution in [2.75, 3.05) is 23.7 Å². The molecule has 2 rings (SSSR count). The number of nitrogens with one attached hydrogen (secondary N) is 1. The summed E-state index contributed by atoms with van der Waals surface area (Å²) in [6, 6.07) is 14.0. The second-order valence-corrected chi connectivity index (χ2v) is 10.9. The van der Waals surface area contributed by atoms with Crippen LogP contribution in [0.5, 0.6) is 0 Å². The number of amides is 2. The van der Waals surface area contributed by atoms with E-state index in [1.807, 2.05) is 51.1 Å². The molecule has 2 aromatic carbocycles. The van der Waals surface area contributed by atoms with Crippen LogP contribution in [0.2, 0.25) is 0 Å². The van der Waals surface area contributed by atoms with E-state index in [2.05, 4.69) is 5.32 Å². The van der Waals surface area contributed by atoms with Gasteiger partial charge in [0, 0.05) is 26.1 Å². The summed E-state index contributed by atoms with van der Waals surface area (Å²) in [6.07, 6.45) is 1.84. The molecule has 0 aliphatic heterocycles. The Bertz CT molecular complexity index is 1060. The van der Waals surface area contributed by atoms with E-state index < -0.39 is 21.9 Å². The maximum atomic E-state index is 13.3. The van der Waals surface area contributed by atoms with Crippen LogP contribution in [-0.2, 0) is 26.2 Å². The van der Waals surface area contributed by atoms with Crippen molar-refractivity contribution in [2.24, 2.45) is 5.92 Å². The van der Waals surface area contributed by atoms with E-state index in [-0.39, 0.29) is 43.7 Å². The first kappa shape index (κ1) is 28.3. The van der Waals surface area contributed by atoms with Crippen molar-refractivity contribution in [3.05, 3.63) is 66.0 Å². The quantitative estimate of drug-likeness (QED) is 0.447. The summed E-state index contributed by atoms with van der Waals surface area (Å²) < 4.78 is 39.1. The number of sulfonamides is 1. The standard InChI is InChI=1S/C26H36FN3O4S/c1-5-24(26(32)28-18-20(2)3)29(19-21-10-7-6-8-11-21)25(31)12-9-17-30(35(4,33)34)23-15-13-22(27)14-16-23/h6-8,10-11,13-16,20,24H,5,9,12,17-19H2,1-4H3,(H,28,32). The van der Waals surface area contributed by atoms with Crippen LogP contribution in [0.4, 0.5) is 10.1 Å². The molecule has 0 saturated carbocycles. The molecule has 0 aliphatic rings. The fourth-order valence-corrected chi connectivity index (χ4v) is 4.70. The number of nitrogens with zero attached hydrogens (tertiary/aromatic N) is 2. The molecule has 0 saturated heterocycles. The van der Waals surface area contributed by atoms with Gasteiger partial charge < -0.3 is 10.2 Å². The van der Waals surface area contributed by atoms with Crippen LogP contribution in [0.3, 0.4) is 0 Å². The molecule has 192 valence electrons. The molecular weight excluding hydrogens is 469 g/mol. The molecule has 0 aromatic heterocycles. The molecule has 0 spiro atoms. The van der Waals surface area contributed by atoms with Crippen LogP contribution in [0.25, 0.3) is 0 Å². The van der Waals surface area contributed by atoms with Gasteiger partial charge in [0.1, 0.15) is 11.9 Å². The second-order valence-electron chi connectivity index (χ2n) is 8.99. The Morgan fingerprint density at radius 3 is 2.20 bits per heavy atom. The van der Waals surface area contributed by atoms with Gasteiger partial charge in [-0.3, -0.25) is 13.9 Å². The molecule has 2 aromatic rings. The Morgan fingerprint density at radius 1 is 1.03 bits per heavy atom. The third kappa shape index (κ3) is 8.98. The number of anilines is 1. The lowest BCUT2D eigenvalue weighted by atomic mass is 10.1. The smallest absolute Gasteiger partial charge is 0.242 e. The number of benzene rings is 2. The minimum atomic E-state index is -3.63. The average Bonchev–Trinajstić information content (AvgIpc) is 2.81. The largest absolute Gasteiger partial charge is 0.354 e. The minimum absolute atomic E-state index is 0.0612. The van der Waals surface area contributed by atoms with Gasteiger partial charge in [-0.2, -0.15) is 0 Å². The zero-order valence-corrected chi connectivity index (χ0v) is 21.7. The van der Waals surface area contributed by atoms with Crippen LogP contribution < -0.4 is 9.62 Å². The molecule has 7 nitrogen and oxygen atoms in total. The first-order chi connectivity index (χ1) is 16.5. The maximum Gasteiger partial charge on any atom is 0.242 e. The van der Waals surface area contributed by atoms with Gasteiger partial charge in [0.15, 0.2) is 0 Å². The summed E-state index contributed by atoms with van der Waals surface area (Å²) in [4.78, 5) is 27.8. The number of hydrogen-bond acceptors (Lipinski definition) is 4. The summed E-state index contributed by atoms with van der Waals surface area (Å²) in [5, 5.41) is 2.92. The van der Waals surface area contributed by atoms with Crippen molar-refractivity contribution in [1.29, 1.82) is 0 Å². The monoisotopic (exact) mass is 505 g/mol. The summed E-state index contributed by atoms with van der Waals surface area (Å²) in [6.45, 7) is 6.73. The first-order valence-electron chi connectivity index (χ1n) is 11.9. The highest BCUT2D eigenvalue weighted by molar-refractivity contribution is 7.92. The molecule has 1 unspecified atom stereocenters. The lowest BCUT2D eigenvalue weighted by molar-refractivity contribution is -0.141. The van der Waals surface area contributed by atoms with Gasteiger partial charge in [0.25, 0.3) is 0 Å². The van der Waals surface area contributed by atoms with Gasteiger partial charge in [-0.25, -0.2) is 12.8 Å². The molecule has 0 bridgehead atoms. The summed E-state index contributed by atoms with van der Waals surface area (Å²) >= 11 is 0. The summed E-state index contributed by atoms with van der Waals surface area (Å²) in [7, 11) is -3.63. The van der Waals surface area contributed by atoms with Crippen LogP contribution in [0.1, 0.15) is 45.6 Å². The van der Waals surface area contributed by atoms with Crippen LogP contribution in [-0.4, -0.2) is 50.5 Å². The fraction of sp³-hybridized carbons (Fsp3) is 0.462. The normalized spacial score (nSPS) is 12.3. The van der Waals surface area contributed by atoms with Crippen molar-refractivity contribution in [3.8, 4) is 0 Å². The van der Waals surface area contributed by atoms with E-state index in [4.69, 9.17) is 0 Å². The molecule has 0 heterocycles. The zero-order chi connectivity index (χ0) is 26.0. The highest BCUT2D eigenvalue weighted by Crippen LogP contribution is 2.20. The zero-order valence-electron chi connectivity index (χ0n) is 20.9. The Kier molecular flexibility index (Phi) is 10.7. The molecule has 35 heavy (non-hydrogen) atoms. The SMILES string of the molecule is CCC(C(=O)NCC(C)C)N(Cc1ccccc1)C(=O)CCCN(c1ccc(F)cc1)S(C)(=O)=O. The Hall–Kier alpha value is -2.94. The molecule has 1 N–H and O–H groups in total. The Balaban J connectivity index is 2.17. The number of hydrogen-bond donors (Lipinski definition) is 1. The minimum Gasteiger partial charge on any atom is -0.354 e. The Labute approximate surface area is 208 Å². The van der Waals surface area contributed by atoms with Crippen LogP contribution in [0, 0.1) is 11.7 Å². The van der Waals surface area contributed by atoms with E-state index in [1.165, 1.54) is 24.3 Å². The molecular formula is C26H36FN3O4S. The molecule has 0 radical (unpaired) electrons. The van der Waals surface area contributed by atoms with Gasteiger partial charge in [0.05, 0.1) is 11.9 Å². The third-order valence-corrected chi connectivity index (χ3v) is 6.73. The van der Waals surface area contributed by atoms with Crippen molar-refractivity contribution in [1.82, 2.24) is 10.2 Å². The molecule has 9 heteroatoms. The van der Waals surface area contributed by atoms with Gasteiger partial charge in [-0.05, 0) is 48.6 Å². The predicted octanol–water partition coefficient (Wildman–Crippen LogP) is 3.95. The molecule has 0 fully saturated rings. The van der Waals surface area contributed by atoms with E-state index in [0.29, 0.717) is 18.7 Å². The van der Waals surface area contributed by atoms with Gasteiger partial charge >= 0.3 is 0 Å². The maximum absolute atomic E-state index is 13.3. The first-order valence-corrected chi connectivity index (χ1v) is 13.7. The second kappa shape index (κ2) is 13.2. The van der Waals surface area contributed by atoms with E-state index in [0.717, 1.165) is 16.1 Å². The number of halogens is 1. The molecule has 1 atom stereocenters. The van der Waals surface area contributed by atoms with Crippen molar-refractivity contribution in [3.63, 3.8) is 0 Å². The van der Waals surface area contributed by atoms with Gasteiger partial charge in [-0.15, -0.1) is 0 Å². The van der Waals surface area contributed by atoms with Crippen molar-refractivity contribution in [2.45, 2.75) is 52.6 Å². The fourth-order valence-electron chi connectivity index (χ4n) is 3.73. The number of carbonyl (C=O) groups excluding carboxylic acids is 2. The summed E-state index contributed by atoms with van der Waals surface area (Å²) in [5.74, 6) is -0.610. The van der Waals surface area contributed by atoms with Crippen molar-refractivity contribution < 1.29 is 22.4 Å². The van der Waals surface area contributed by atoms with Gasteiger partial charge in [-0.1, -0.05) is 51.1 Å². The topological polar surface area (TPSA) is 86.8 Å². The number of carbonyl (C=O) groups is 2. The van der Waals surface area contributed by atoms with Crippen LogP contribution >= 0.6 is 0 Å². The predicted molar refractivity (Wildman–Crippen MR) is 137 cm³/mol. The van der Waals surface area contributed by atoms with Gasteiger partial charge in [0.2, 0.25) is 21.8 Å². The summed E-state index contributed by atoms with van der Waals surface area (Å²) in [5.41, 5.74) is 1.24. The van der Waals surface area contributed by atoms with E-state index in [1.54, 1.807) is 4.90 Å². The lowest BCUT2D eigenvalue weighted by Gasteiger charge is -2.31. The highest BCUT2D eigenvalue weighted by Gasteiger charge is 2.28. The molecule has 2 amide bonds. The van der Waals surface area contributed by atoms with Crippen molar-refractivity contribution >= 4 is 27.5 Å². The number of rotatable bonds is 13. The van der Waals surface area contributed by atoms with E-state index >= 15 is 0 Å². The third-order valence-electron chi connectivity index (χ3n) is 5.53. The highest BCUT2D eigenvalue weighted by atomic mass is 32.2. The molecule has 0 aliphatic carbocycles. The van der Waals surface area contributed by atoms with E-state index in [9.17, 15) is 22.4 Å². The Morgan fingerprint density at radius 2 is 1.66 bits per heavy atom. The van der Waals surface area contributed by atoms with Crippen LogP contribution in [0.15, 0.2) is 54.6 Å².